The Morgan fingerprint density at radius 2 is 1.74 bits per heavy atom. The second-order valence-corrected chi connectivity index (χ2v) is 6.77. The van der Waals surface area contributed by atoms with Crippen molar-refractivity contribution in [2.24, 2.45) is 5.18 Å². The molecule has 2 amide bonds. The van der Waals surface area contributed by atoms with E-state index in [1.54, 1.807) is 0 Å². The van der Waals surface area contributed by atoms with Crippen molar-refractivity contribution in [2.45, 2.75) is 39.2 Å². The van der Waals surface area contributed by atoms with Gasteiger partial charge >= 0.3 is 0 Å². The maximum absolute atomic E-state index is 13.0. The minimum absolute atomic E-state index is 0.0108. The molecule has 1 aliphatic heterocycles. The summed E-state index contributed by atoms with van der Waals surface area (Å²) in [6, 6.07) is 14.1. The van der Waals surface area contributed by atoms with Crippen molar-refractivity contribution in [3.63, 3.8) is 0 Å². The first-order valence-electron chi connectivity index (χ1n) is 9.11. The van der Waals surface area contributed by atoms with Crippen molar-refractivity contribution in [3.8, 4) is 0 Å². The molecule has 5 nitrogen and oxygen atoms in total. The van der Waals surface area contributed by atoms with E-state index in [-0.39, 0.29) is 12.3 Å². The van der Waals surface area contributed by atoms with Gasteiger partial charge in [0.05, 0.1) is 12.2 Å². The molecule has 2 aromatic rings. The van der Waals surface area contributed by atoms with Crippen LogP contribution in [0.4, 0.5) is 5.69 Å². The van der Waals surface area contributed by atoms with Crippen molar-refractivity contribution in [3.05, 3.63) is 69.6 Å². The first-order chi connectivity index (χ1) is 13.1. The molecule has 0 bridgehead atoms. The highest BCUT2D eigenvalue weighted by Gasteiger charge is 2.21. The van der Waals surface area contributed by atoms with E-state index < -0.39 is 5.91 Å². The number of amides is 2. The third kappa shape index (κ3) is 4.56. The SMILES string of the molecule is Cc1ccc2c(c1)/C=C\c1ccccc1CN2C(=O)CCCCC(=O)N=O. The highest BCUT2D eigenvalue weighted by molar-refractivity contribution is 5.97. The van der Waals surface area contributed by atoms with Crippen LogP contribution < -0.4 is 4.90 Å². The molecule has 0 fully saturated rings. The fourth-order valence-electron chi connectivity index (χ4n) is 3.28. The van der Waals surface area contributed by atoms with Crippen LogP contribution in [0.3, 0.4) is 0 Å². The van der Waals surface area contributed by atoms with Crippen LogP contribution in [-0.4, -0.2) is 11.8 Å². The van der Waals surface area contributed by atoms with Gasteiger partial charge in [-0.2, -0.15) is 0 Å². The van der Waals surface area contributed by atoms with Crippen LogP contribution in [-0.2, 0) is 16.1 Å². The van der Waals surface area contributed by atoms with E-state index in [1.807, 2.05) is 48.2 Å². The van der Waals surface area contributed by atoms with Gasteiger partial charge in [-0.1, -0.05) is 48.0 Å². The number of benzene rings is 2. The lowest BCUT2D eigenvalue weighted by Crippen LogP contribution is -2.31. The number of hydrogen-bond acceptors (Lipinski definition) is 3. The van der Waals surface area contributed by atoms with Crippen LogP contribution in [0.2, 0.25) is 0 Å². The zero-order valence-corrected chi connectivity index (χ0v) is 15.4. The molecular weight excluding hydrogens is 340 g/mol. The van der Waals surface area contributed by atoms with Crippen LogP contribution in [0.1, 0.15) is 47.9 Å². The third-order valence-corrected chi connectivity index (χ3v) is 4.73. The van der Waals surface area contributed by atoms with E-state index >= 15 is 0 Å². The van der Waals surface area contributed by atoms with Gasteiger partial charge in [0.25, 0.3) is 5.91 Å². The topological polar surface area (TPSA) is 66.8 Å². The molecule has 5 heteroatoms. The molecule has 0 aliphatic carbocycles. The number of carbonyl (C=O) groups excluding carboxylic acids is 2. The summed E-state index contributed by atoms with van der Waals surface area (Å²) in [6.07, 6.45) is 5.60. The van der Waals surface area contributed by atoms with Crippen LogP contribution >= 0.6 is 0 Å². The molecule has 1 aliphatic rings. The van der Waals surface area contributed by atoms with Crippen molar-refractivity contribution in [1.82, 2.24) is 0 Å². The van der Waals surface area contributed by atoms with Crippen molar-refractivity contribution in [2.75, 3.05) is 4.90 Å². The molecule has 0 saturated carbocycles. The number of unbranched alkanes of at least 4 members (excludes halogenated alkanes) is 1. The monoisotopic (exact) mass is 362 g/mol. The maximum Gasteiger partial charge on any atom is 0.286 e. The molecule has 2 aromatic carbocycles. The number of anilines is 1. The summed E-state index contributed by atoms with van der Waals surface area (Å²) in [6.45, 7) is 2.54. The molecule has 138 valence electrons. The quantitative estimate of drug-likeness (QED) is 0.563. The summed E-state index contributed by atoms with van der Waals surface area (Å²) in [5.41, 5.74) is 5.23. The van der Waals surface area contributed by atoms with Crippen LogP contribution in [0.5, 0.6) is 0 Å². The van der Waals surface area contributed by atoms with Gasteiger partial charge in [-0.25, -0.2) is 0 Å². The Morgan fingerprint density at radius 1 is 1.00 bits per heavy atom. The van der Waals surface area contributed by atoms with Crippen LogP contribution in [0, 0.1) is 11.8 Å². The number of rotatable bonds is 5. The smallest absolute Gasteiger partial charge is 0.286 e. The largest absolute Gasteiger partial charge is 0.307 e. The normalized spacial score (nSPS) is 13.7. The highest BCUT2D eigenvalue weighted by atomic mass is 16.3. The van der Waals surface area contributed by atoms with E-state index in [1.165, 1.54) is 0 Å². The summed E-state index contributed by atoms with van der Waals surface area (Å²) in [5.74, 6) is -0.648. The Morgan fingerprint density at radius 3 is 2.56 bits per heavy atom. The lowest BCUT2D eigenvalue weighted by Gasteiger charge is -2.27. The van der Waals surface area contributed by atoms with E-state index in [9.17, 15) is 14.5 Å². The summed E-state index contributed by atoms with van der Waals surface area (Å²) in [7, 11) is 0. The lowest BCUT2D eigenvalue weighted by molar-refractivity contribution is -0.120. The van der Waals surface area contributed by atoms with Gasteiger partial charge in [0.15, 0.2) is 0 Å². The number of nitrogens with zero attached hydrogens (tertiary/aromatic N) is 2. The van der Waals surface area contributed by atoms with E-state index in [0.717, 1.165) is 27.9 Å². The number of carbonyl (C=O) groups is 2. The molecule has 0 radical (unpaired) electrons. The van der Waals surface area contributed by atoms with Crippen LogP contribution in [0.25, 0.3) is 12.2 Å². The highest BCUT2D eigenvalue weighted by Crippen LogP contribution is 2.30. The molecule has 0 saturated heterocycles. The summed E-state index contributed by atoms with van der Waals surface area (Å²) in [4.78, 5) is 35.9. The predicted molar refractivity (Wildman–Crippen MR) is 107 cm³/mol. The van der Waals surface area contributed by atoms with Crippen molar-refractivity contribution in [1.29, 1.82) is 0 Å². The van der Waals surface area contributed by atoms with Gasteiger partial charge in [-0.15, -0.1) is 4.91 Å². The van der Waals surface area contributed by atoms with Gasteiger partial charge in [-0.05, 0) is 48.6 Å². The molecule has 0 N–H and O–H groups in total. The number of fused-ring (bicyclic) bond motifs is 2. The Bertz CT molecular complexity index is 902. The molecule has 0 atom stereocenters. The van der Waals surface area contributed by atoms with Gasteiger partial charge in [-0.3, -0.25) is 9.59 Å². The first kappa shape index (κ1) is 18.7. The Kier molecular flexibility index (Phi) is 5.91. The van der Waals surface area contributed by atoms with Gasteiger partial charge in [0.1, 0.15) is 0 Å². The van der Waals surface area contributed by atoms with Gasteiger partial charge in [0, 0.05) is 18.0 Å². The minimum Gasteiger partial charge on any atom is -0.307 e. The fourth-order valence-corrected chi connectivity index (χ4v) is 3.28. The number of aryl methyl sites for hydroxylation is 1. The average Bonchev–Trinajstić information content (AvgIpc) is 2.67. The van der Waals surface area contributed by atoms with E-state index in [2.05, 4.69) is 23.4 Å². The summed E-state index contributed by atoms with van der Waals surface area (Å²) in [5, 5.41) is 2.39. The van der Waals surface area contributed by atoms with Gasteiger partial charge < -0.3 is 4.90 Å². The molecule has 27 heavy (non-hydrogen) atoms. The maximum atomic E-state index is 13.0. The Labute approximate surface area is 158 Å². The van der Waals surface area contributed by atoms with E-state index in [0.29, 0.717) is 25.8 Å². The predicted octanol–water partition coefficient (Wildman–Crippen LogP) is 4.87. The van der Waals surface area contributed by atoms with Crippen molar-refractivity contribution >= 4 is 29.7 Å². The number of nitroso groups, excluding NO2 is 1. The van der Waals surface area contributed by atoms with Gasteiger partial charge in [0.2, 0.25) is 5.91 Å². The average molecular weight is 362 g/mol. The fraction of sp³-hybridized carbons (Fsp3) is 0.273. The van der Waals surface area contributed by atoms with Crippen LogP contribution in [0.15, 0.2) is 47.6 Å². The summed E-state index contributed by atoms with van der Waals surface area (Å²) >= 11 is 0. The molecule has 1 heterocycles. The van der Waals surface area contributed by atoms with E-state index in [4.69, 9.17) is 0 Å². The molecule has 0 unspecified atom stereocenters. The second kappa shape index (κ2) is 8.54. The summed E-state index contributed by atoms with van der Waals surface area (Å²) < 4.78 is 0. The molecule has 0 aromatic heterocycles. The molecule has 3 rings (SSSR count). The van der Waals surface area contributed by atoms with Crippen molar-refractivity contribution < 1.29 is 9.59 Å². The second-order valence-electron chi connectivity index (χ2n) is 6.77. The Balaban J connectivity index is 1.84. The molecular formula is C22H22N2O3. The zero-order chi connectivity index (χ0) is 19.2. The molecule has 0 spiro atoms. The Hall–Kier alpha value is -3.08. The zero-order valence-electron chi connectivity index (χ0n) is 15.4. The first-order valence-corrected chi connectivity index (χ1v) is 9.11. The third-order valence-electron chi connectivity index (χ3n) is 4.73. The number of hydrogen-bond donors (Lipinski definition) is 0. The lowest BCUT2D eigenvalue weighted by atomic mass is 9.99. The minimum atomic E-state index is -0.659. The standard InChI is InChI=1S/C22H22N2O3/c1-16-10-13-20-18(14-16)12-11-17-6-2-3-7-19(17)15-24(20)22(26)9-5-4-8-21(25)23-27/h2-3,6-7,10-14H,4-5,8-9,15H2,1H3/b12-11-.